The summed E-state index contributed by atoms with van der Waals surface area (Å²) in [5, 5.41) is 2.64. The molecule has 8 heteroatoms. The second-order valence-electron chi connectivity index (χ2n) is 9.01. The molecule has 8 nitrogen and oxygen atoms in total. The number of anilines is 1. The summed E-state index contributed by atoms with van der Waals surface area (Å²) in [7, 11) is 1.62. The smallest absolute Gasteiger partial charge is 0.269 e. The molecule has 0 bridgehead atoms. The van der Waals surface area contributed by atoms with Gasteiger partial charge in [-0.3, -0.25) is 19.5 Å². The summed E-state index contributed by atoms with van der Waals surface area (Å²) in [6.07, 6.45) is 4.96. The Morgan fingerprint density at radius 1 is 1.21 bits per heavy atom. The van der Waals surface area contributed by atoms with Gasteiger partial charge in [-0.2, -0.15) is 0 Å². The third-order valence-corrected chi connectivity index (χ3v) is 7.12. The average molecular weight is 447 g/mol. The molecule has 5 rings (SSSR count). The van der Waals surface area contributed by atoms with E-state index < -0.39 is 0 Å². The fourth-order valence-electron chi connectivity index (χ4n) is 5.18. The van der Waals surface area contributed by atoms with E-state index in [1.807, 2.05) is 38.2 Å². The number of hydrogen-bond donors (Lipinski definition) is 2. The van der Waals surface area contributed by atoms with Gasteiger partial charge in [0.1, 0.15) is 5.69 Å². The highest BCUT2D eigenvalue weighted by atomic mass is 16.1. The number of amides is 1. The second kappa shape index (κ2) is 8.59. The number of pyridine rings is 3. The molecule has 2 fully saturated rings. The Kier molecular flexibility index (Phi) is 5.62. The average Bonchev–Trinajstić information content (AvgIpc) is 2.79. The van der Waals surface area contributed by atoms with Crippen LogP contribution in [0.2, 0.25) is 0 Å². The Bertz CT molecular complexity index is 1270. The predicted octanol–water partition coefficient (Wildman–Crippen LogP) is 2.40. The first-order chi connectivity index (χ1) is 16.0. The molecule has 0 radical (unpaired) electrons. The van der Waals surface area contributed by atoms with Gasteiger partial charge in [-0.1, -0.05) is 6.92 Å². The van der Waals surface area contributed by atoms with Crippen LogP contribution < -0.4 is 15.8 Å². The van der Waals surface area contributed by atoms with Crippen LogP contribution in [0.4, 0.5) is 5.69 Å². The first kappa shape index (κ1) is 21.6. The van der Waals surface area contributed by atoms with Crippen molar-refractivity contribution < 1.29 is 4.79 Å². The van der Waals surface area contributed by atoms with Crippen molar-refractivity contribution in [1.82, 2.24) is 25.2 Å². The van der Waals surface area contributed by atoms with Gasteiger partial charge in [0.25, 0.3) is 11.5 Å². The standard InChI is InChI=1S/C25H30N6O2/c1-4-17-12-19-20(29-24(17)32)11-16(13-27-19)14-30-9-10-31(23-8-7-22(23)30)21-6-5-18(25(33)26-3)28-15(21)2/h5-6,11-13,22-23H,4,7-10,14H2,1-3H3,(H,26,33)(H,29,32)/t22-,23+/m0/s1. The molecule has 2 N–H and O–H groups in total. The van der Waals surface area contributed by atoms with Crippen molar-refractivity contribution >= 4 is 22.6 Å². The number of rotatable bonds is 5. The van der Waals surface area contributed by atoms with E-state index in [9.17, 15) is 9.59 Å². The van der Waals surface area contributed by atoms with Gasteiger partial charge in [0.15, 0.2) is 0 Å². The largest absolute Gasteiger partial charge is 0.364 e. The van der Waals surface area contributed by atoms with Crippen molar-refractivity contribution in [1.29, 1.82) is 0 Å². The van der Waals surface area contributed by atoms with Crippen LogP contribution in [0.5, 0.6) is 0 Å². The summed E-state index contributed by atoms with van der Waals surface area (Å²) < 4.78 is 0. The van der Waals surface area contributed by atoms with Gasteiger partial charge >= 0.3 is 0 Å². The second-order valence-corrected chi connectivity index (χ2v) is 9.01. The highest BCUT2D eigenvalue weighted by Crippen LogP contribution is 2.38. The number of carbonyl (C=O) groups excluding carboxylic acids is 1. The summed E-state index contributed by atoms with van der Waals surface area (Å²) in [4.78, 5) is 41.3. The van der Waals surface area contributed by atoms with Crippen molar-refractivity contribution in [3.63, 3.8) is 0 Å². The molecule has 0 spiro atoms. The summed E-state index contributed by atoms with van der Waals surface area (Å²) in [6.45, 7) is 6.64. The molecule has 2 aliphatic rings. The van der Waals surface area contributed by atoms with Gasteiger partial charge in [-0.15, -0.1) is 0 Å². The molecule has 1 saturated heterocycles. The molecule has 33 heavy (non-hydrogen) atoms. The molecule has 3 aromatic rings. The maximum atomic E-state index is 12.2. The van der Waals surface area contributed by atoms with E-state index in [1.54, 1.807) is 7.05 Å². The summed E-state index contributed by atoms with van der Waals surface area (Å²) >= 11 is 0. The number of carbonyl (C=O) groups is 1. The number of nitrogens with one attached hydrogen (secondary N) is 2. The minimum Gasteiger partial charge on any atom is -0.364 e. The van der Waals surface area contributed by atoms with Crippen molar-refractivity contribution in [2.24, 2.45) is 0 Å². The molecular weight excluding hydrogens is 416 g/mol. The molecule has 1 aliphatic carbocycles. The molecule has 0 aromatic carbocycles. The van der Waals surface area contributed by atoms with Crippen LogP contribution in [0, 0.1) is 6.92 Å². The number of H-pyrrole nitrogens is 1. The Morgan fingerprint density at radius 2 is 2.03 bits per heavy atom. The van der Waals surface area contributed by atoms with Crippen molar-refractivity contribution in [2.45, 2.75) is 51.7 Å². The van der Waals surface area contributed by atoms with Gasteiger partial charge in [-0.25, -0.2) is 4.98 Å². The minimum absolute atomic E-state index is 0.0250. The topological polar surface area (TPSA) is 94.2 Å². The van der Waals surface area contributed by atoms with E-state index in [1.165, 1.54) is 6.42 Å². The number of piperazine rings is 1. The Hall–Kier alpha value is -3.26. The zero-order valence-electron chi connectivity index (χ0n) is 19.4. The zero-order chi connectivity index (χ0) is 23.1. The molecule has 1 amide bonds. The third-order valence-electron chi connectivity index (χ3n) is 7.12. The van der Waals surface area contributed by atoms with Crippen LogP contribution >= 0.6 is 0 Å². The summed E-state index contributed by atoms with van der Waals surface area (Å²) in [5.41, 5.74) is 5.97. The SMILES string of the molecule is CCc1cc2ncc(CN3CCN(c4ccc(C(=O)NC)nc4C)[C@@H]4CC[C@@H]43)cc2[nH]c1=O. The summed E-state index contributed by atoms with van der Waals surface area (Å²) in [6, 6.07) is 8.73. The van der Waals surface area contributed by atoms with E-state index in [4.69, 9.17) is 0 Å². The number of aromatic amines is 1. The fraction of sp³-hybridized carbons (Fsp3) is 0.440. The first-order valence-electron chi connectivity index (χ1n) is 11.7. The number of aryl methyl sites for hydroxylation is 2. The zero-order valence-corrected chi connectivity index (χ0v) is 19.4. The molecule has 2 atom stereocenters. The van der Waals surface area contributed by atoms with Crippen LogP contribution in [-0.2, 0) is 13.0 Å². The lowest BCUT2D eigenvalue weighted by atomic mass is 9.81. The Labute approximate surface area is 193 Å². The van der Waals surface area contributed by atoms with E-state index in [0.29, 0.717) is 24.2 Å². The maximum absolute atomic E-state index is 12.2. The third kappa shape index (κ3) is 3.88. The van der Waals surface area contributed by atoms with E-state index in [0.717, 1.165) is 59.6 Å². The maximum Gasteiger partial charge on any atom is 0.269 e. The van der Waals surface area contributed by atoms with Gasteiger partial charge in [-0.05, 0) is 56.0 Å². The molecular formula is C25H30N6O2. The summed E-state index contributed by atoms with van der Waals surface area (Å²) in [5.74, 6) is -0.160. The Balaban J connectivity index is 1.33. The normalized spacial score (nSPS) is 20.4. The van der Waals surface area contributed by atoms with E-state index in [2.05, 4.69) is 36.1 Å². The van der Waals surface area contributed by atoms with Crippen LogP contribution in [0.15, 0.2) is 35.3 Å². The highest BCUT2D eigenvalue weighted by Gasteiger charge is 2.43. The van der Waals surface area contributed by atoms with Gasteiger partial charge in [0.2, 0.25) is 0 Å². The number of aromatic nitrogens is 3. The van der Waals surface area contributed by atoms with Crippen LogP contribution in [0.1, 0.15) is 47.1 Å². The van der Waals surface area contributed by atoms with Gasteiger partial charge in [0, 0.05) is 50.5 Å². The van der Waals surface area contributed by atoms with Crippen LogP contribution in [-0.4, -0.2) is 58.0 Å². The van der Waals surface area contributed by atoms with E-state index in [-0.39, 0.29) is 11.5 Å². The monoisotopic (exact) mass is 446 g/mol. The first-order valence-corrected chi connectivity index (χ1v) is 11.7. The molecule has 172 valence electrons. The fourth-order valence-corrected chi connectivity index (χ4v) is 5.18. The number of fused-ring (bicyclic) bond motifs is 2. The molecule has 4 heterocycles. The molecule has 3 aromatic heterocycles. The Morgan fingerprint density at radius 3 is 2.73 bits per heavy atom. The van der Waals surface area contributed by atoms with Crippen molar-refractivity contribution in [2.75, 3.05) is 25.0 Å². The van der Waals surface area contributed by atoms with Gasteiger partial charge in [0.05, 0.1) is 22.4 Å². The van der Waals surface area contributed by atoms with Crippen molar-refractivity contribution in [3.05, 3.63) is 63.3 Å². The number of hydrogen-bond acceptors (Lipinski definition) is 6. The highest BCUT2D eigenvalue weighted by molar-refractivity contribution is 5.92. The lowest BCUT2D eigenvalue weighted by Crippen LogP contribution is -2.64. The predicted molar refractivity (Wildman–Crippen MR) is 129 cm³/mol. The molecule has 1 saturated carbocycles. The lowest BCUT2D eigenvalue weighted by molar-refractivity contribution is 0.0658. The van der Waals surface area contributed by atoms with E-state index >= 15 is 0 Å². The quantitative estimate of drug-likeness (QED) is 0.625. The van der Waals surface area contributed by atoms with Gasteiger partial charge < -0.3 is 15.2 Å². The van der Waals surface area contributed by atoms with Crippen molar-refractivity contribution in [3.8, 4) is 0 Å². The van der Waals surface area contributed by atoms with Crippen LogP contribution in [0.25, 0.3) is 11.0 Å². The molecule has 1 aliphatic heterocycles. The number of nitrogens with zero attached hydrogens (tertiary/aromatic N) is 4. The van der Waals surface area contributed by atoms with Crippen LogP contribution in [0.3, 0.4) is 0 Å². The lowest BCUT2D eigenvalue weighted by Gasteiger charge is -2.55. The molecule has 0 unspecified atom stereocenters. The minimum atomic E-state index is -0.160.